The van der Waals surface area contributed by atoms with E-state index in [1.165, 1.54) is 0 Å². The number of carbonyl (C=O) groups excluding carboxylic acids is 1. The number of likely N-dealkylation sites (tertiary alicyclic amines) is 1. The Balaban J connectivity index is 2.32. The van der Waals surface area contributed by atoms with Gasteiger partial charge in [0, 0.05) is 26.7 Å². The lowest BCUT2D eigenvalue weighted by molar-refractivity contribution is -0.149. The summed E-state index contributed by atoms with van der Waals surface area (Å²) in [5, 5.41) is 0. The van der Waals surface area contributed by atoms with Gasteiger partial charge >= 0.3 is 5.97 Å². The quantitative estimate of drug-likeness (QED) is 0.684. The third-order valence-electron chi connectivity index (χ3n) is 3.25. The maximum absolute atomic E-state index is 11.6. The molecule has 0 spiro atoms. The molecule has 0 radical (unpaired) electrons. The van der Waals surface area contributed by atoms with Crippen LogP contribution in [0.15, 0.2) is 0 Å². The van der Waals surface area contributed by atoms with E-state index in [2.05, 4.69) is 4.90 Å². The van der Waals surface area contributed by atoms with Gasteiger partial charge in [-0.1, -0.05) is 0 Å². The van der Waals surface area contributed by atoms with Crippen molar-refractivity contribution in [3.05, 3.63) is 0 Å². The lowest BCUT2D eigenvalue weighted by Gasteiger charge is -2.25. The Morgan fingerprint density at radius 2 is 2.29 bits per heavy atom. The topological polar surface area (TPSA) is 64.8 Å². The summed E-state index contributed by atoms with van der Waals surface area (Å²) in [4.78, 5) is 13.9. The molecular formula is C12H24N2O3. The number of hydrogen-bond donors (Lipinski definition) is 1. The molecule has 0 aliphatic carbocycles. The van der Waals surface area contributed by atoms with Crippen LogP contribution < -0.4 is 5.73 Å². The van der Waals surface area contributed by atoms with Crippen LogP contribution in [-0.4, -0.2) is 55.9 Å². The van der Waals surface area contributed by atoms with Crippen molar-refractivity contribution in [2.75, 3.05) is 33.4 Å². The molecule has 0 aromatic heterocycles. The van der Waals surface area contributed by atoms with Gasteiger partial charge in [-0.2, -0.15) is 0 Å². The molecule has 1 rings (SSSR count). The van der Waals surface area contributed by atoms with E-state index < -0.39 is 5.54 Å². The highest BCUT2D eigenvalue weighted by molar-refractivity contribution is 5.79. The van der Waals surface area contributed by atoms with Gasteiger partial charge in [-0.05, 0) is 26.7 Å². The van der Waals surface area contributed by atoms with Crippen molar-refractivity contribution < 1.29 is 14.3 Å². The molecule has 0 aromatic carbocycles. The van der Waals surface area contributed by atoms with E-state index in [0.29, 0.717) is 19.1 Å². The number of nitrogens with two attached hydrogens (primary N) is 1. The zero-order valence-corrected chi connectivity index (χ0v) is 11.1. The minimum absolute atomic E-state index is 0.317. The maximum Gasteiger partial charge on any atom is 0.325 e. The number of esters is 1. The Kier molecular flexibility index (Phi) is 5.36. The number of rotatable bonds is 6. The molecule has 17 heavy (non-hydrogen) atoms. The third-order valence-corrected chi connectivity index (χ3v) is 3.25. The number of nitrogens with zero attached hydrogens (tertiary/aromatic N) is 1. The average molecular weight is 244 g/mol. The molecule has 0 aromatic rings. The minimum atomic E-state index is -0.888. The summed E-state index contributed by atoms with van der Waals surface area (Å²) in [6, 6.07) is 0. The highest BCUT2D eigenvalue weighted by Crippen LogP contribution is 2.15. The summed E-state index contributed by atoms with van der Waals surface area (Å²) < 4.78 is 10.3. The van der Waals surface area contributed by atoms with E-state index >= 15 is 0 Å². The Bertz CT molecular complexity index is 256. The smallest absolute Gasteiger partial charge is 0.325 e. The normalized spacial score (nSPS) is 24.6. The number of carbonyl (C=O) groups is 1. The lowest BCUT2D eigenvalue weighted by atomic mass is 9.99. The predicted octanol–water partition coefficient (Wildman–Crippen LogP) is 0.378. The monoisotopic (exact) mass is 244 g/mol. The van der Waals surface area contributed by atoms with Crippen LogP contribution in [0.3, 0.4) is 0 Å². The second-order valence-corrected chi connectivity index (χ2v) is 4.83. The lowest BCUT2D eigenvalue weighted by Crippen LogP contribution is -2.48. The van der Waals surface area contributed by atoms with Crippen molar-refractivity contribution in [1.29, 1.82) is 0 Å². The molecule has 1 heterocycles. The molecule has 0 bridgehead atoms. The van der Waals surface area contributed by atoms with E-state index in [9.17, 15) is 4.79 Å². The molecule has 1 saturated heterocycles. The van der Waals surface area contributed by atoms with Crippen LogP contribution in [0.1, 0.15) is 26.7 Å². The number of hydrogen-bond acceptors (Lipinski definition) is 5. The van der Waals surface area contributed by atoms with Crippen LogP contribution in [0.4, 0.5) is 0 Å². The zero-order valence-electron chi connectivity index (χ0n) is 11.1. The van der Waals surface area contributed by atoms with Gasteiger partial charge in [0.2, 0.25) is 0 Å². The third kappa shape index (κ3) is 4.26. The highest BCUT2D eigenvalue weighted by atomic mass is 16.5. The van der Waals surface area contributed by atoms with Crippen LogP contribution in [0.5, 0.6) is 0 Å². The van der Waals surface area contributed by atoms with Gasteiger partial charge in [0.05, 0.1) is 12.7 Å². The first-order chi connectivity index (χ1) is 7.99. The van der Waals surface area contributed by atoms with Crippen LogP contribution >= 0.6 is 0 Å². The predicted molar refractivity (Wildman–Crippen MR) is 65.7 cm³/mol. The van der Waals surface area contributed by atoms with Crippen LogP contribution in [0.25, 0.3) is 0 Å². The van der Waals surface area contributed by atoms with Gasteiger partial charge in [-0.15, -0.1) is 0 Å². The highest BCUT2D eigenvalue weighted by Gasteiger charge is 2.31. The Morgan fingerprint density at radius 1 is 1.59 bits per heavy atom. The van der Waals surface area contributed by atoms with E-state index in [4.69, 9.17) is 15.2 Å². The fourth-order valence-corrected chi connectivity index (χ4v) is 1.98. The SMILES string of the molecule is CCOC(=O)C(C)(N)CCN1CCC(OC)C1. The molecule has 5 heteroatoms. The first kappa shape index (κ1) is 14.4. The second-order valence-electron chi connectivity index (χ2n) is 4.83. The van der Waals surface area contributed by atoms with Gasteiger partial charge in [-0.3, -0.25) is 4.79 Å². The van der Waals surface area contributed by atoms with Gasteiger partial charge in [-0.25, -0.2) is 0 Å². The zero-order chi connectivity index (χ0) is 12.9. The number of ether oxygens (including phenoxy) is 2. The molecular weight excluding hydrogens is 220 g/mol. The Labute approximate surface area is 103 Å². The summed E-state index contributed by atoms with van der Waals surface area (Å²) in [5.41, 5.74) is 5.07. The van der Waals surface area contributed by atoms with Crippen LogP contribution in [0.2, 0.25) is 0 Å². The first-order valence-electron chi connectivity index (χ1n) is 6.21. The number of methoxy groups -OCH3 is 1. The van der Waals surface area contributed by atoms with Crippen LogP contribution in [-0.2, 0) is 14.3 Å². The van der Waals surface area contributed by atoms with Crippen molar-refractivity contribution in [3.8, 4) is 0 Å². The molecule has 1 fully saturated rings. The van der Waals surface area contributed by atoms with E-state index in [-0.39, 0.29) is 5.97 Å². The molecule has 1 aliphatic rings. The summed E-state index contributed by atoms with van der Waals surface area (Å²) >= 11 is 0. The fourth-order valence-electron chi connectivity index (χ4n) is 1.98. The van der Waals surface area contributed by atoms with Crippen molar-refractivity contribution in [2.24, 2.45) is 5.73 Å². The fraction of sp³-hybridized carbons (Fsp3) is 0.917. The molecule has 5 nitrogen and oxygen atoms in total. The van der Waals surface area contributed by atoms with Gasteiger partial charge < -0.3 is 20.1 Å². The second kappa shape index (κ2) is 6.33. The van der Waals surface area contributed by atoms with Crippen LogP contribution in [0, 0.1) is 0 Å². The van der Waals surface area contributed by atoms with Crippen molar-refractivity contribution in [2.45, 2.75) is 38.3 Å². The summed E-state index contributed by atoms with van der Waals surface area (Å²) in [5.74, 6) is -0.317. The van der Waals surface area contributed by atoms with E-state index in [1.54, 1.807) is 21.0 Å². The molecule has 2 atom stereocenters. The molecule has 1 aliphatic heterocycles. The van der Waals surface area contributed by atoms with E-state index in [0.717, 1.165) is 26.1 Å². The Morgan fingerprint density at radius 3 is 2.82 bits per heavy atom. The molecule has 100 valence electrons. The van der Waals surface area contributed by atoms with Gasteiger partial charge in [0.25, 0.3) is 0 Å². The molecule has 0 saturated carbocycles. The molecule has 2 unspecified atom stereocenters. The summed E-state index contributed by atoms with van der Waals surface area (Å²) in [6.45, 7) is 6.64. The largest absolute Gasteiger partial charge is 0.465 e. The van der Waals surface area contributed by atoms with Gasteiger partial charge in [0.1, 0.15) is 5.54 Å². The van der Waals surface area contributed by atoms with Crippen molar-refractivity contribution >= 4 is 5.97 Å². The summed E-state index contributed by atoms with van der Waals surface area (Å²) in [6.07, 6.45) is 1.99. The minimum Gasteiger partial charge on any atom is -0.465 e. The molecule has 0 amide bonds. The van der Waals surface area contributed by atoms with Crippen molar-refractivity contribution in [1.82, 2.24) is 4.90 Å². The standard InChI is InChI=1S/C12H24N2O3/c1-4-17-11(15)12(2,13)6-8-14-7-5-10(9-14)16-3/h10H,4-9,13H2,1-3H3. The van der Waals surface area contributed by atoms with Crippen molar-refractivity contribution in [3.63, 3.8) is 0 Å². The maximum atomic E-state index is 11.6. The average Bonchev–Trinajstić information content (AvgIpc) is 2.75. The van der Waals surface area contributed by atoms with E-state index in [1.807, 2.05) is 0 Å². The van der Waals surface area contributed by atoms with Gasteiger partial charge in [0.15, 0.2) is 0 Å². The Hall–Kier alpha value is -0.650. The first-order valence-corrected chi connectivity index (χ1v) is 6.21. The summed E-state index contributed by atoms with van der Waals surface area (Å²) in [7, 11) is 1.74. The molecule has 2 N–H and O–H groups in total.